The van der Waals surface area contributed by atoms with Gasteiger partial charge in [-0.2, -0.15) is 0 Å². The molecular weight excluding hydrogens is 232 g/mol. The van der Waals surface area contributed by atoms with Crippen LogP contribution in [-0.4, -0.2) is 34.4 Å². The molecule has 0 aliphatic heterocycles. The summed E-state index contributed by atoms with van der Waals surface area (Å²) in [5.74, 6) is 0. The molecular formula is C13H20N2O3. The Hall–Kier alpha value is -1.62. The third kappa shape index (κ3) is 5.63. The molecule has 1 amide bonds. The summed E-state index contributed by atoms with van der Waals surface area (Å²) in [7, 11) is 0. The number of aromatic nitrogens is 1. The summed E-state index contributed by atoms with van der Waals surface area (Å²) in [6.07, 6.45) is 3.38. The number of rotatable bonds is 4. The Morgan fingerprint density at radius 1 is 1.56 bits per heavy atom. The molecule has 0 saturated carbocycles. The normalized spacial score (nSPS) is 12.9. The van der Waals surface area contributed by atoms with Gasteiger partial charge in [0, 0.05) is 12.4 Å². The Morgan fingerprint density at radius 3 is 2.78 bits per heavy atom. The maximum atomic E-state index is 11.6. The number of ether oxygens (including phenoxy) is 1. The zero-order valence-corrected chi connectivity index (χ0v) is 11.0. The summed E-state index contributed by atoms with van der Waals surface area (Å²) >= 11 is 0. The first kappa shape index (κ1) is 14.4. The molecule has 1 aromatic heterocycles. The van der Waals surface area contributed by atoms with Gasteiger partial charge in [-0.05, 0) is 38.8 Å². The molecule has 0 saturated heterocycles. The highest BCUT2D eigenvalue weighted by Crippen LogP contribution is 2.07. The lowest BCUT2D eigenvalue weighted by Crippen LogP contribution is -2.42. The fourth-order valence-electron chi connectivity index (χ4n) is 1.44. The maximum Gasteiger partial charge on any atom is 0.407 e. The van der Waals surface area contributed by atoms with Gasteiger partial charge in [-0.1, -0.05) is 6.07 Å². The van der Waals surface area contributed by atoms with E-state index in [1.807, 2.05) is 12.1 Å². The monoisotopic (exact) mass is 252 g/mol. The number of carbonyl (C=O) groups excluding carboxylic acids is 1. The summed E-state index contributed by atoms with van der Waals surface area (Å²) in [4.78, 5) is 15.5. The van der Waals surface area contributed by atoms with Crippen molar-refractivity contribution >= 4 is 6.09 Å². The van der Waals surface area contributed by atoms with E-state index in [1.54, 1.807) is 33.2 Å². The number of aliphatic hydroxyl groups is 1. The number of aliphatic hydroxyl groups excluding tert-OH is 1. The average molecular weight is 252 g/mol. The molecule has 0 aliphatic rings. The molecule has 0 radical (unpaired) electrons. The van der Waals surface area contributed by atoms with Crippen LogP contribution < -0.4 is 5.32 Å². The molecule has 0 aliphatic carbocycles. The minimum atomic E-state index is -0.543. The van der Waals surface area contributed by atoms with Gasteiger partial charge in [0.1, 0.15) is 5.60 Å². The zero-order chi connectivity index (χ0) is 13.6. The van der Waals surface area contributed by atoms with Crippen molar-refractivity contribution in [2.24, 2.45) is 0 Å². The van der Waals surface area contributed by atoms with Crippen molar-refractivity contribution in [2.75, 3.05) is 6.61 Å². The fourth-order valence-corrected chi connectivity index (χ4v) is 1.44. The number of alkyl carbamates (subject to hydrolysis) is 1. The Bertz CT molecular complexity index is 374. The first-order valence-electron chi connectivity index (χ1n) is 5.90. The first-order chi connectivity index (χ1) is 8.40. The number of nitrogens with zero attached hydrogens (tertiary/aromatic N) is 1. The average Bonchev–Trinajstić information content (AvgIpc) is 2.27. The number of pyridine rings is 1. The van der Waals surface area contributed by atoms with Crippen LogP contribution in [0, 0.1) is 0 Å². The summed E-state index contributed by atoms with van der Waals surface area (Å²) in [5.41, 5.74) is 0.408. The van der Waals surface area contributed by atoms with Crippen LogP contribution in [-0.2, 0) is 11.2 Å². The highest BCUT2D eigenvalue weighted by Gasteiger charge is 2.19. The Labute approximate surface area is 107 Å². The molecule has 5 nitrogen and oxygen atoms in total. The maximum absolute atomic E-state index is 11.6. The molecule has 18 heavy (non-hydrogen) atoms. The predicted octanol–water partition coefficient (Wildman–Crippen LogP) is 1.51. The Kier molecular flexibility index (Phi) is 5.09. The van der Waals surface area contributed by atoms with Crippen molar-refractivity contribution < 1.29 is 14.6 Å². The van der Waals surface area contributed by atoms with E-state index in [-0.39, 0.29) is 12.6 Å². The van der Waals surface area contributed by atoms with Crippen molar-refractivity contribution in [1.29, 1.82) is 0 Å². The smallest absolute Gasteiger partial charge is 0.407 e. The summed E-state index contributed by atoms with van der Waals surface area (Å²) in [5, 5.41) is 11.9. The number of nitrogens with one attached hydrogen (secondary N) is 1. The van der Waals surface area contributed by atoms with Crippen LogP contribution in [0.5, 0.6) is 0 Å². The molecule has 1 unspecified atom stereocenters. The minimum absolute atomic E-state index is 0.145. The number of carbonyl (C=O) groups is 1. The molecule has 0 bridgehead atoms. The van der Waals surface area contributed by atoms with Gasteiger partial charge in [0.05, 0.1) is 12.6 Å². The van der Waals surface area contributed by atoms with E-state index >= 15 is 0 Å². The molecule has 1 heterocycles. The lowest BCUT2D eigenvalue weighted by atomic mass is 10.1. The fraction of sp³-hybridized carbons (Fsp3) is 0.538. The second-order valence-corrected chi connectivity index (χ2v) is 5.09. The SMILES string of the molecule is CC(C)(C)OC(=O)NC(CO)Cc1cccnc1. The van der Waals surface area contributed by atoms with Crippen molar-refractivity contribution in [1.82, 2.24) is 10.3 Å². The van der Waals surface area contributed by atoms with Crippen molar-refractivity contribution in [3.8, 4) is 0 Å². The van der Waals surface area contributed by atoms with Gasteiger partial charge in [0.25, 0.3) is 0 Å². The van der Waals surface area contributed by atoms with E-state index in [9.17, 15) is 9.90 Å². The van der Waals surface area contributed by atoms with Crippen LogP contribution in [0.3, 0.4) is 0 Å². The van der Waals surface area contributed by atoms with E-state index < -0.39 is 11.7 Å². The standard InChI is InChI=1S/C13H20N2O3/c1-13(2,3)18-12(17)15-11(9-16)7-10-5-4-6-14-8-10/h4-6,8,11,16H,7,9H2,1-3H3,(H,15,17). The highest BCUT2D eigenvalue weighted by molar-refractivity contribution is 5.68. The second kappa shape index (κ2) is 6.35. The predicted molar refractivity (Wildman–Crippen MR) is 68.2 cm³/mol. The summed E-state index contributed by atoms with van der Waals surface area (Å²) in [6, 6.07) is 3.34. The molecule has 1 aromatic rings. The van der Waals surface area contributed by atoms with Gasteiger partial charge < -0.3 is 15.2 Å². The molecule has 100 valence electrons. The van der Waals surface area contributed by atoms with Gasteiger partial charge in [0.15, 0.2) is 0 Å². The summed E-state index contributed by atoms with van der Waals surface area (Å²) < 4.78 is 5.13. The topological polar surface area (TPSA) is 71.5 Å². The first-order valence-corrected chi connectivity index (χ1v) is 5.90. The van der Waals surface area contributed by atoms with Crippen molar-refractivity contribution in [2.45, 2.75) is 38.8 Å². The highest BCUT2D eigenvalue weighted by atomic mass is 16.6. The van der Waals surface area contributed by atoms with E-state index in [2.05, 4.69) is 10.3 Å². The van der Waals surface area contributed by atoms with Gasteiger partial charge in [-0.3, -0.25) is 4.98 Å². The van der Waals surface area contributed by atoms with Gasteiger partial charge in [0.2, 0.25) is 0 Å². The zero-order valence-electron chi connectivity index (χ0n) is 11.0. The molecule has 0 aromatic carbocycles. The van der Waals surface area contributed by atoms with Gasteiger partial charge >= 0.3 is 6.09 Å². The van der Waals surface area contributed by atoms with E-state index in [4.69, 9.17) is 4.74 Å². The van der Waals surface area contributed by atoms with Crippen molar-refractivity contribution in [3.05, 3.63) is 30.1 Å². The van der Waals surface area contributed by atoms with Gasteiger partial charge in [-0.15, -0.1) is 0 Å². The van der Waals surface area contributed by atoms with E-state index in [1.165, 1.54) is 0 Å². The second-order valence-electron chi connectivity index (χ2n) is 5.09. The summed E-state index contributed by atoms with van der Waals surface area (Å²) in [6.45, 7) is 5.24. The van der Waals surface area contributed by atoms with Crippen LogP contribution >= 0.6 is 0 Å². The van der Waals surface area contributed by atoms with Crippen molar-refractivity contribution in [3.63, 3.8) is 0 Å². The van der Waals surface area contributed by atoms with E-state index in [0.717, 1.165) is 5.56 Å². The van der Waals surface area contributed by atoms with Crippen LogP contribution in [0.15, 0.2) is 24.5 Å². The van der Waals surface area contributed by atoms with Crippen LogP contribution in [0.4, 0.5) is 4.79 Å². The van der Waals surface area contributed by atoms with Crippen LogP contribution in [0.1, 0.15) is 26.3 Å². The lowest BCUT2D eigenvalue weighted by Gasteiger charge is -2.22. The van der Waals surface area contributed by atoms with Gasteiger partial charge in [-0.25, -0.2) is 4.79 Å². The Morgan fingerprint density at radius 2 is 2.28 bits per heavy atom. The number of hydrogen-bond donors (Lipinski definition) is 2. The largest absolute Gasteiger partial charge is 0.444 e. The molecule has 2 N–H and O–H groups in total. The molecule has 1 rings (SSSR count). The quantitative estimate of drug-likeness (QED) is 0.852. The molecule has 0 spiro atoms. The number of amides is 1. The number of hydrogen-bond acceptors (Lipinski definition) is 4. The molecule has 0 fully saturated rings. The molecule has 1 atom stereocenters. The molecule has 5 heteroatoms. The van der Waals surface area contributed by atoms with Crippen LogP contribution in [0.25, 0.3) is 0 Å². The minimum Gasteiger partial charge on any atom is -0.444 e. The Balaban J connectivity index is 2.50. The van der Waals surface area contributed by atoms with Crippen LogP contribution in [0.2, 0.25) is 0 Å². The third-order valence-corrected chi connectivity index (χ3v) is 2.15. The lowest BCUT2D eigenvalue weighted by molar-refractivity contribution is 0.0483. The van der Waals surface area contributed by atoms with E-state index in [0.29, 0.717) is 6.42 Å². The third-order valence-electron chi connectivity index (χ3n) is 2.15.